The first-order chi connectivity index (χ1) is 11.0. The van der Waals surface area contributed by atoms with Gasteiger partial charge in [0, 0.05) is 41.3 Å². The van der Waals surface area contributed by atoms with Crippen molar-refractivity contribution in [2.75, 3.05) is 19.7 Å². The van der Waals surface area contributed by atoms with E-state index in [4.69, 9.17) is 4.74 Å². The molecule has 1 saturated carbocycles. The van der Waals surface area contributed by atoms with E-state index >= 15 is 0 Å². The Kier molecular flexibility index (Phi) is 4.94. The van der Waals surface area contributed by atoms with Gasteiger partial charge in [-0.3, -0.25) is 0 Å². The fourth-order valence-electron chi connectivity index (χ4n) is 3.80. The highest BCUT2D eigenvalue weighted by Gasteiger charge is 2.56. The molecule has 2 atom stereocenters. The second-order valence-corrected chi connectivity index (χ2v) is 7.96. The summed E-state index contributed by atoms with van der Waals surface area (Å²) in [5, 5.41) is 13.2. The van der Waals surface area contributed by atoms with Crippen LogP contribution in [0.1, 0.15) is 35.9 Å². The topological polar surface area (TPSA) is 61.8 Å². The third kappa shape index (κ3) is 3.25. The first kappa shape index (κ1) is 16.7. The van der Waals surface area contributed by atoms with Gasteiger partial charge in [0.25, 0.3) is 0 Å². The zero-order valence-corrected chi connectivity index (χ0v) is 14.7. The molecule has 128 valence electrons. The Morgan fingerprint density at radius 2 is 2.22 bits per heavy atom. The third-order valence-electron chi connectivity index (χ3n) is 5.30. The molecule has 1 aromatic heterocycles. The number of likely N-dealkylation sites (tertiary alicyclic amines) is 1. The summed E-state index contributed by atoms with van der Waals surface area (Å²) in [4.78, 5) is 16.6. The minimum absolute atomic E-state index is 0.00678. The van der Waals surface area contributed by atoms with Gasteiger partial charge in [-0.2, -0.15) is 0 Å². The fourth-order valence-corrected chi connectivity index (χ4v) is 4.63. The van der Waals surface area contributed by atoms with Crippen molar-refractivity contribution in [3.63, 3.8) is 0 Å². The van der Waals surface area contributed by atoms with Gasteiger partial charge >= 0.3 is 6.03 Å². The molecule has 0 unspecified atom stereocenters. The molecule has 1 aliphatic heterocycles. The van der Waals surface area contributed by atoms with Crippen molar-refractivity contribution < 1.29 is 14.6 Å². The number of aliphatic hydroxyl groups excluding tert-OH is 1. The number of hydrogen-bond donors (Lipinski definition) is 2. The lowest BCUT2D eigenvalue weighted by atomic mass is 9.58. The molecule has 2 heterocycles. The first-order valence-corrected chi connectivity index (χ1v) is 9.24. The van der Waals surface area contributed by atoms with Gasteiger partial charge in [0.05, 0.1) is 18.8 Å². The molecular formula is C17H26N2O3S. The lowest BCUT2D eigenvalue weighted by Gasteiger charge is -2.56. The zero-order valence-electron chi connectivity index (χ0n) is 13.9. The van der Waals surface area contributed by atoms with Crippen molar-refractivity contribution >= 4 is 17.4 Å². The molecule has 0 aromatic carbocycles. The van der Waals surface area contributed by atoms with Crippen molar-refractivity contribution in [2.24, 2.45) is 5.41 Å². The average molecular weight is 338 g/mol. The minimum Gasteiger partial charge on any atom is -0.392 e. The van der Waals surface area contributed by atoms with Crippen LogP contribution in [0.15, 0.2) is 12.1 Å². The van der Waals surface area contributed by atoms with E-state index in [2.05, 4.69) is 24.4 Å². The largest absolute Gasteiger partial charge is 0.392 e. The molecule has 0 bridgehead atoms. The zero-order chi connectivity index (χ0) is 16.4. The molecule has 23 heavy (non-hydrogen) atoms. The molecule has 2 amide bonds. The highest BCUT2D eigenvalue weighted by molar-refractivity contribution is 7.11. The van der Waals surface area contributed by atoms with E-state index in [1.54, 1.807) is 11.3 Å². The van der Waals surface area contributed by atoms with Crippen LogP contribution in [0.25, 0.3) is 0 Å². The van der Waals surface area contributed by atoms with E-state index in [1.165, 1.54) is 9.75 Å². The number of hydrogen-bond acceptors (Lipinski definition) is 4. The normalized spacial score (nSPS) is 26.1. The Balaban J connectivity index is 1.49. The van der Waals surface area contributed by atoms with Crippen molar-refractivity contribution in [1.29, 1.82) is 0 Å². The summed E-state index contributed by atoms with van der Waals surface area (Å²) in [6, 6.07) is 4.12. The van der Waals surface area contributed by atoms with Gasteiger partial charge in [-0.25, -0.2) is 4.79 Å². The summed E-state index contributed by atoms with van der Waals surface area (Å²) in [6.45, 7) is 6.71. The summed E-state index contributed by atoms with van der Waals surface area (Å²) in [6.07, 6.45) is 2.26. The summed E-state index contributed by atoms with van der Waals surface area (Å²) in [5.74, 6) is 0. The Bertz CT molecular complexity index is 550. The van der Waals surface area contributed by atoms with E-state index in [1.807, 2.05) is 11.8 Å². The van der Waals surface area contributed by atoms with Gasteiger partial charge in [0.2, 0.25) is 0 Å². The van der Waals surface area contributed by atoms with E-state index < -0.39 is 0 Å². The number of nitrogens with zero attached hydrogens (tertiary/aromatic N) is 1. The summed E-state index contributed by atoms with van der Waals surface area (Å²) >= 11 is 1.71. The van der Waals surface area contributed by atoms with Crippen LogP contribution in [0, 0.1) is 12.3 Å². The maximum absolute atomic E-state index is 12.3. The molecule has 3 rings (SSSR count). The number of piperidine rings is 1. The number of urea groups is 1. The van der Waals surface area contributed by atoms with Gasteiger partial charge in [-0.05, 0) is 38.8 Å². The number of rotatable bonds is 4. The van der Waals surface area contributed by atoms with Crippen molar-refractivity contribution in [3.05, 3.63) is 21.9 Å². The van der Waals surface area contributed by atoms with Gasteiger partial charge in [0.15, 0.2) is 0 Å². The summed E-state index contributed by atoms with van der Waals surface area (Å²) < 4.78 is 5.77. The van der Waals surface area contributed by atoms with Crippen molar-refractivity contribution in [3.8, 4) is 0 Å². The van der Waals surface area contributed by atoms with Crippen LogP contribution in [-0.2, 0) is 11.3 Å². The quantitative estimate of drug-likeness (QED) is 0.887. The Hall–Kier alpha value is -1.11. The van der Waals surface area contributed by atoms with E-state index in [0.29, 0.717) is 26.2 Å². The van der Waals surface area contributed by atoms with E-state index in [0.717, 1.165) is 19.3 Å². The average Bonchev–Trinajstić information content (AvgIpc) is 2.98. The number of aliphatic hydroxyl groups is 1. The number of amides is 2. The van der Waals surface area contributed by atoms with Crippen LogP contribution < -0.4 is 5.32 Å². The molecule has 2 N–H and O–H groups in total. The molecule has 5 nitrogen and oxygen atoms in total. The van der Waals surface area contributed by atoms with Gasteiger partial charge < -0.3 is 20.1 Å². The van der Waals surface area contributed by atoms with Crippen LogP contribution in [-0.4, -0.2) is 47.9 Å². The molecular weight excluding hydrogens is 312 g/mol. The van der Waals surface area contributed by atoms with Gasteiger partial charge in [0.1, 0.15) is 0 Å². The number of carbonyl (C=O) groups is 1. The highest BCUT2D eigenvalue weighted by Crippen LogP contribution is 2.50. The van der Waals surface area contributed by atoms with Crippen LogP contribution in [0.2, 0.25) is 0 Å². The number of carbonyl (C=O) groups excluding carboxylic acids is 1. The van der Waals surface area contributed by atoms with Crippen molar-refractivity contribution in [2.45, 2.75) is 51.9 Å². The lowest BCUT2D eigenvalue weighted by molar-refractivity contribution is -0.207. The van der Waals surface area contributed by atoms with E-state index in [9.17, 15) is 9.90 Å². The lowest BCUT2D eigenvalue weighted by Crippen LogP contribution is -2.63. The molecule has 1 aromatic rings. The predicted molar refractivity (Wildman–Crippen MR) is 90.6 cm³/mol. The number of ether oxygens (including phenoxy) is 1. The maximum atomic E-state index is 12.3. The molecule has 2 fully saturated rings. The monoisotopic (exact) mass is 338 g/mol. The SMILES string of the molecule is CCO[C@@H]1C[C@H](O)C12CCN(C(=O)NCc1ccc(C)s1)CC2. The Morgan fingerprint density at radius 1 is 1.48 bits per heavy atom. The van der Waals surface area contributed by atoms with Crippen LogP contribution >= 0.6 is 11.3 Å². The number of nitrogens with one attached hydrogen (secondary N) is 1. The molecule has 1 saturated heterocycles. The Labute approximate surface area is 141 Å². The second-order valence-electron chi connectivity index (χ2n) is 6.59. The molecule has 6 heteroatoms. The standard InChI is InChI=1S/C17H26N2O3S/c1-3-22-15-10-14(20)17(15)6-8-19(9-7-17)16(21)18-11-13-5-4-12(2)23-13/h4-5,14-15,20H,3,6-11H2,1-2H3,(H,18,21)/t14-,15+/m0/s1. The minimum atomic E-state index is -0.279. The second kappa shape index (κ2) is 6.79. The molecule has 0 radical (unpaired) electrons. The first-order valence-electron chi connectivity index (χ1n) is 8.43. The summed E-state index contributed by atoms with van der Waals surface area (Å²) in [5.41, 5.74) is -0.127. The number of thiophene rings is 1. The molecule has 2 aliphatic rings. The van der Waals surface area contributed by atoms with Crippen LogP contribution in [0.4, 0.5) is 4.79 Å². The predicted octanol–water partition coefficient (Wildman–Crippen LogP) is 2.52. The van der Waals surface area contributed by atoms with Gasteiger partial charge in [-0.1, -0.05) is 0 Å². The summed E-state index contributed by atoms with van der Waals surface area (Å²) in [7, 11) is 0. The van der Waals surface area contributed by atoms with Crippen LogP contribution in [0.3, 0.4) is 0 Å². The van der Waals surface area contributed by atoms with Crippen LogP contribution in [0.5, 0.6) is 0 Å². The highest BCUT2D eigenvalue weighted by atomic mass is 32.1. The molecule has 1 aliphatic carbocycles. The fraction of sp³-hybridized carbons (Fsp3) is 0.706. The smallest absolute Gasteiger partial charge is 0.317 e. The van der Waals surface area contributed by atoms with Crippen molar-refractivity contribution in [1.82, 2.24) is 10.2 Å². The van der Waals surface area contributed by atoms with Gasteiger partial charge in [-0.15, -0.1) is 11.3 Å². The third-order valence-corrected chi connectivity index (χ3v) is 6.30. The maximum Gasteiger partial charge on any atom is 0.317 e. The Morgan fingerprint density at radius 3 is 2.78 bits per heavy atom. The number of aryl methyl sites for hydroxylation is 1. The van der Waals surface area contributed by atoms with E-state index in [-0.39, 0.29) is 23.7 Å². The molecule has 1 spiro atoms.